The van der Waals surface area contributed by atoms with Crippen molar-refractivity contribution in [3.05, 3.63) is 75.1 Å². The summed E-state index contributed by atoms with van der Waals surface area (Å²) >= 11 is -3.36. The number of aromatic nitrogens is 2. The maximum absolute atomic E-state index is 14.3. The zero-order chi connectivity index (χ0) is 29.1. The molecule has 1 heterocycles. The van der Waals surface area contributed by atoms with Crippen molar-refractivity contribution in [2.45, 2.75) is 85.1 Å². The minimum atomic E-state index is -3.36. The predicted molar refractivity (Wildman–Crippen MR) is 160 cm³/mol. The van der Waals surface area contributed by atoms with Crippen LogP contribution in [0.15, 0.2) is 58.3 Å². The Kier molecular flexibility index (Phi) is 12.3. The SMILES string of the molecule is CCC[CH2][Sn]([CH2]CCC)([CH2]CCC)[c]1cn([C@H]2C=C[C@@H](COC(=O)OC)C2)c(=O)n(C(=O)c2ccccc2)c1=O. The van der Waals surface area contributed by atoms with Gasteiger partial charge >= 0.3 is 242 Å². The molecular formula is C31H44N2O6Sn. The van der Waals surface area contributed by atoms with Crippen molar-refractivity contribution in [3.63, 3.8) is 0 Å². The summed E-state index contributed by atoms with van der Waals surface area (Å²) in [6.07, 6.45) is 11.7. The second kappa shape index (κ2) is 15.4. The van der Waals surface area contributed by atoms with Crippen LogP contribution in [0.2, 0.25) is 13.3 Å². The number of carbonyl (C=O) groups is 2. The first-order chi connectivity index (χ1) is 19.3. The number of hydrogen-bond acceptors (Lipinski definition) is 6. The molecule has 0 saturated carbocycles. The monoisotopic (exact) mass is 660 g/mol. The van der Waals surface area contributed by atoms with Gasteiger partial charge in [-0.05, 0) is 0 Å². The number of rotatable bonds is 14. The van der Waals surface area contributed by atoms with E-state index in [1.165, 1.54) is 7.11 Å². The number of ether oxygens (including phenoxy) is 2. The number of benzene rings is 1. The third kappa shape index (κ3) is 7.56. The molecule has 9 heteroatoms. The third-order valence-electron chi connectivity index (χ3n) is 8.02. The molecule has 0 bridgehead atoms. The summed E-state index contributed by atoms with van der Waals surface area (Å²) in [7, 11) is 1.26. The van der Waals surface area contributed by atoms with Gasteiger partial charge in [0.15, 0.2) is 0 Å². The van der Waals surface area contributed by atoms with Crippen molar-refractivity contribution < 1.29 is 19.1 Å². The molecule has 1 aliphatic rings. The van der Waals surface area contributed by atoms with Crippen LogP contribution in [-0.2, 0) is 9.47 Å². The third-order valence-corrected chi connectivity index (χ3v) is 23.5. The van der Waals surface area contributed by atoms with Gasteiger partial charge in [0, 0.05) is 0 Å². The molecule has 0 radical (unpaired) electrons. The van der Waals surface area contributed by atoms with Gasteiger partial charge in [-0.3, -0.25) is 0 Å². The number of allylic oxidation sites excluding steroid dienone is 1. The van der Waals surface area contributed by atoms with E-state index in [9.17, 15) is 19.2 Å². The summed E-state index contributed by atoms with van der Waals surface area (Å²) in [6.45, 7) is 6.66. The molecule has 0 amide bonds. The first kappa shape index (κ1) is 31.9. The zero-order valence-electron chi connectivity index (χ0n) is 24.4. The molecule has 218 valence electrons. The molecule has 3 rings (SSSR count). The molecule has 0 aliphatic heterocycles. The van der Waals surface area contributed by atoms with Gasteiger partial charge in [0.1, 0.15) is 0 Å². The maximum atomic E-state index is 14.3. The Morgan fingerprint density at radius 1 is 0.925 bits per heavy atom. The normalized spacial score (nSPS) is 16.7. The van der Waals surface area contributed by atoms with E-state index in [1.54, 1.807) is 34.9 Å². The minimum absolute atomic E-state index is 0.0989. The fourth-order valence-corrected chi connectivity index (χ4v) is 21.8. The van der Waals surface area contributed by atoms with Crippen LogP contribution >= 0.6 is 0 Å². The Morgan fingerprint density at radius 2 is 1.52 bits per heavy atom. The van der Waals surface area contributed by atoms with E-state index < -0.39 is 41.7 Å². The molecule has 0 N–H and O–H groups in total. The summed E-state index contributed by atoms with van der Waals surface area (Å²) in [6, 6.07) is 8.21. The van der Waals surface area contributed by atoms with E-state index in [4.69, 9.17) is 4.74 Å². The fraction of sp³-hybridized carbons (Fsp3) is 0.548. The second-order valence-electron chi connectivity index (χ2n) is 10.8. The van der Waals surface area contributed by atoms with E-state index >= 15 is 0 Å². The van der Waals surface area contributed by atoms with Crippen LogP contribution in [0.3, 0.4) is 0 Å². The Morgan fingerprint density at radius 3 is 2.08 bits per heavy atom. The molecule has 0 saturated heterocycles. The molecule has 1 aromatic carbocycles. The summed E-state index contributed by atoms with van der Waals surface area (Å²) in [4.78, 5) is 53.4. The van der Waals surface area contributed by atoms with E-state index in [1.807, 2.05) is 18.3 Å². The standard InChI is InChI=1S/C19H17N2O6.3C4H9.Sn/c1-26-19(25)27-12-13-7-8-15(11-13)20-10-9-16(22)21(18(20)24)17(23)14-5-3-2-4-6-14;3*1-3-4-2;/h2-8,10,13,15H,11-12H2,1H3;3*1,3-4H2,2H3;/t13-,15+;;;;/m1..../s1. The quantitative estimate of drug-likeness (QED) is 0.148. The molecule has 1 aliphatic carbocycles. The summed E-state index contributed by atoms with van der Waals surface area (Å²) in [5, 5.41) is 0. The Labute approximate surface area is 241 Å². The van der Waals surface area contributed by atoms with Crippen molar-refractivity contribution in [3.8, 4) is 0 Å². The van der Waals surface area contributed by atoms with E-state index in [0.29, 0.717) is 12.0 Å². The van der Waals surface area contributed by atoms with Gasteiger partial charge in [-0.1, -0.05) is 0 Å². The molecule has 2 atom stereocenters. The molecular weight excluding hydrogens is 615 g/mol. The molecule has 0 unspecified atom stereocenters. The van der Waals surface area contributed by atoms with Gasteiger partial charge in [-0.25, -0.2) is 0 Å². The van der Waals surface area contributed by atoms with E-state index in [0.717, 1.165) is 60.0 Å². The number of hydrogen-bond donors (Lipinski definition) is 0. The molecule has 0 fully saturated rings. The zero-order valence-corrected chi connectivity index (χ0v) is 27.2. The van der Waals surface area contributed by atoms with Gasteiger partial charge in [0.25, 0.3) is 0 Å². The summed E-state index contributed by atoms with van der Waals surface area (Å²) in [5.74, 6) is -0.682. The average molecular weight is 659 g/mol. The second-order valence-corrected chi connectivity index (χ2v) is 24.0. The molecule has 2 aromatic rings. The summed E-state index contributed by atoms with van der Waals surface area (Å²) < 4.78 is 16.1. The topological polar surface area (TPSA) is 96.6 Å². The number of nitrogens with zero attached hydrogens (tertiary/aromatic N) is 2. The van der Waals surface area contributed by atoms with Crippen LogP contribution < -0.4 is 14.8 Å². The van der Waals surface area contributed by atoms with Crippen molar-refractivity contribution in [1.82, 2.24) is 9.13 Å². The predicted octanol–water partition coefficient (Wildman–Crippen LogP) is 5.65. The van der Waals surface area contributed by atoms with Crippen molar-refractivity contribution in [2.75, 3.05) is 13.7 Å². The number of methoxy groups -OCH3 is 1. The van der Waals surface area contributed by atoms with Gasteiger partial charge in [-0.2, -0.15) is 0 Å². The van der Waals surface area contributed by atoms with Crippen molar-refractivity contribution in [1.29, 1.82) is 0 Å². The fourth-order valence-electron chi connectivity index (χ4n) is 5.70. The Balaban J connectivity index is 2.19. The average Bonchev–Trinajstić information content (AvgIpc) is 3.45. The van der Waals surface area contributed by atoms with Gasteiger partial charge in [0.2, 0.25) is 0 Å². The van der Waals surface area contributed by atoms with Crippen molar-refractivity contribution >= 4 is 34.0 Å². The van der Waals surface area contributed by atoms with Crippen LogP contribution in [0.1, 0.15) is 82.1 Å². The summed E-state index contributed by atoms with van der Waals surface area (Å²) in [5.41, 5.74) is -0.719. The molecule has 40 heavy (non-hydrogen) atoms. The molecule has 8 nitrogen and oxygen atoms in total. The first-order valence-electron chi connectivity index (χ1n) is 14.7. The van der Waals surface area contributed by atoms with Crippen LogP contribution in [0.4, 0.5) is 4.79 Å². The van der Waals surface area contributed by atoms with Crippen LogP contribution in [0.25, 0.3) is 0 Å². The van der Waals surface area contributed by atoms with E-state index in [2.05, 4.69) is 25.5 Å². The van der Waals surface area contributed by atoms with Gasteiger partial charge in [0.05, 0.1) is 0 Å². The van der Waals surface area contributed by atoms with Crippen LogP contribution in [-0.4, -0.2) is 53.3 Å². The van der Waals surface area contributed by atoms with Crippen LogP contribution in [0, 0.1) is 5.92 Å². The van der Waals surface area contributed by atoms with Crippen molar-refractivity contribution in [2.24, 2.45) is 5.92 Å². The first-order valence-corrected chi connectivity index (χ1v) is 22.2. The number of carbonyl (C=O) groups excluding carboxylic acids is 2. The van der Waals surface area contributed by atoms with Gasteiger partial charge < -0.3 is 0 Å². The van der Waals surface area contributed by atoms with E-state index in [-0.39, 0.29) is 18.6 Å². The van der Waals surface area contributed by atoms with Crippen LogP contribution in [0.5, 0.6) is 0 Å². The Bertz CT molecular complexity index is 1260. The Hall–Kier alpha value is -2.62. The molecule has 0 spiro atoms. The molecule has 1 aromatic heterocycles. The van der Waals surface area contributed by atoms with Gasteiger partial charge in [-0.15, -0.1) is 0 Å². The number of unbranched alkanes of at least 4 members (excludes halogenated alkanes) is 3.